The maximum Gasteiger partial charge on any atom is 0 e. The second-order valence-corrected chi connectivity index (χ2v) is 0.962. The van der Waals surface area contributed by atoms with Crippen LogP contribution < -0.4 is 0 Å². The van der Waals surface area contributed by atoms with E-state index in [0.717, 1.165) is 0 Å². The van der Waals surface area contributed by atoms with Crippen molar-refractivity contribution in [2.45, 2.75) is 0 Å². The Labute approximate surface area is 85.8 Å². The molecule has 0 nitrogen and oxygen atoms in total. The van der Waals surface area contributed by atoms with Crippen molar-refractivity contribution < 1.29 is 25.8 Å². The van der Waals surface area contributed by atoms with Crippen LogP contribution in [-0.4, -0.2) is 0 Å². The molecule has 0 aliphatic carbocycles. The van der Waals surface area contributed by atoms with Crippen LogP contribution in [0.4, 0.5) is 0 Å². The fraction of sp³-hybridized carbons (Fsp3) is 0. The predicted octanol–water partition coefficient (Wildman–Crippen LogP) is 3.20. The Morgan fingerprint density at radius 3 is 1.10 bits per heavy atom. The zero-order valence-electron chi connectivity index (χ0n) is 7.39. The van der Waals surface area contributed by atoms with Gasteiger partial charge in [0.1, 0.15) is 0 Å². The first kappa shape index (κ1) is 31.9. The van der Waals surface area contributed by atoms with Gasteiger partial charge in [-0.2, -0.15) is 18.2 Å². The smallest absolute Gasteiger partial charge is 0 e. The molecule has 0 amide bonds. The Morgan fingerprint density at radius 2 is 1.00 bits per heavy atom. The SMILES string of the molecule is [CH3-].[CH3-].[CH3-].[CH3-].[Hf].c1cc[cH-]c1. The molecule has 1 heteroatoms. The van der Waals surface area contributed by atoms with Gasteiger partial charge < -0.3 is 29.7 Å². The van der Waals surface area contributed by atoms with Gasteiger partial charge in [-0.15, -0.1) is 0 Å². The Balaban J connectivity index is -0.0000000167. The van der Waals surface area contributed by atoms with E-state index in [2.05, 4.69) is 0 Å². The molecule has 0 radical (unpaired) electrons. The van der Waals surface area contributed by atoms with Crippen LogP contribution in [-0.2, 0) is 25.8 Å². The summed E-state index contributed by atoms with van der Waals surface area (Å²) in [5, 5.41) is 0. The molecular formula is C9H17Hf-5. The standard InChI is InChI=1S/C5H5.4CH3.Hf/c1-2-4-5-3-1;;;;;/h1-5H;4*1H3;/q5*-1;. The van der Waals surface area contributed by atoms with Gasteiger partial charge in [0.2, 0.25) is 0 Å². The summed E-state index contributed by atoms with van der Waals surface area (Å²) in [6.45, 7) is 0. The molecule has 1 aromatic rings. The molecule has 0 heterocycles. The number of hydrogen-bond acceptors (Lipinski definition) is 0. The fourth-order valence-corrected chi connectivity index (χ4v) is 0.321. The topological polar surface area (TPSA) is 0 Å². The van der Waals surface area contributed by atoms with Crippen LogP contribution in [0.5, 0.6) is 0 Å². The van der Waals surface area contributed by atoms with Crippen LogP contribution >= 0.6 is 0 Å². The molecule has 62 valence electrons. The molecular weight excluding hydrogens is 287 g/mol. The molecule has 0 unspecified atom stereocenters. The molecule has 0 aliphatic heterocycles. The average Bonchev–Trinajstić information content (AvgIpc) is 1.76. The van der Waals surface area contributed by atoms with Crippen molar-refractivity contribution in [3.63, 3.8) is 0 Å². The quantitative estimate of drug-likeness (QED) is 0.510. The van der Waals surface area contributed by atoms with Crippen LogP contribution in [0.3, 0.4) is 0 Å². The molecule has 1 aromatic carbocycles. The van der Waals surface area contributed by atoms with E-state index < -0.39 is 0 Å². The summed E-state index contributed by atoms with van der Waals surface area (Å²) in [5.41, 5.74) is 0. The monoisotopic (exact) mass is 305 g/mol. The zero-order chi connectivity index (χ0) is 3.54. The molecule has 0 bridgehead atoms. The summed E-state index contributed by atoms with van der Waals surface area (Å²) in [6.07, 6.45) is 0. The van der Waals surface area contributed by atoms with Crippen LogP contribution in [0.15, 0.2) is 30.3 Å². The molecule has 0 fully saturated rings. The van der Waals surface area contributed by atoms with Crippen molar-refractivity contribution in [2.75, 3.05) is 0 Å². The van der Waals surface area contributed by atoms with Gasteiger partial charge in [-0.1, -0.05) is 0 Å². The van der Waals surface area contributed by atoms with E-state index in [0.29, 0.717) is 0 Å². The predicted molar refractivity (Wildman–Crippen MR) is 47.7 cm³/mol. The van der Waals surface area contributed by atoms with Crippen LogP contribution in [0.2, 0.25) is 0 Å². The van der Waals surface area contributed by atoms with Crippen LogP contribution in [0.1, 0.15) is 0 Å². The van der Waals surface area contributed by atoms with E-state index in [1.165, 1.54) is 0 Å². The first-order valence-electron chi connectivity index (χ1n) is 1.67. The number of hydrogen-bond donors (Lipinski definition) is 0. The van der Waals surface area contributed by atoms with E-state index in [9.17, 15) is 0 Å². The van der Waals surface area contributed by atoms with Crippen molar-refractivity contribution in [1.29, 1.82) is 0 Å². The molecule has 10 heavy (non-hydrogen) atoms. The van der Waals surface area contributed by atoms with Gasteiger partial charge in [-0.25, -0.2) is 12.1 Å². The molecule has 0 atom stereocenters. The molecule has 0 aromatic heterocycles. The van der Waals surface area contributed by atoms with Gasteiger partial charge in [0, 0.05) is 25.8 Å². The van der Waals surface area contributed by atoms with E-state index in [1.54, 1.807) is 0 Å². The third kappa shape index (κ3) is 15.7. The first-order chi connectivity index (χ1) is 2.50. The summed E-state index contributed by atoms with van der Waals surface area (Å²) < 4.78 is 0. The maximum absolute atomic E-state index is 2.00. The van der Waals surface area contributed by atoms with Gasteiger partial charge in [0.05, 0.1) is 0 Å². The summed E-state index contributed by atoms with van der Waals surface area (Å²) in [6, 6.07) is 10.0. The minimum atomic E-state index is 0. The second-order valence-electron chi connectivity index (χ2n) is 0.962. The summed E-state index contributed by atoms with van der Waals surface area (Å²) >= 11 is 0. The minimum Gasteiger partial charge on any atom is -0.358 e. The van der Waals surface area contributed by atoms with Crippen molar-refractivity contribution in [3.8, 4) is 0 Å². The molecule has 0 saturated heterocycles. The van der Waals surface area contributed by atoms with Gasteiger partial charge >= 0.3 is 0 Å². The molecule has 0 aliphatic rings. The summed E-state index contributed by atoms with van der Waals surface area (Å²) in [4.78, 5) is 0. The molecule has 0 saturated carbocycles. The normalized spacial score (nSPS) is 4.00. The van der Waals surface area contributed by atoms with Gasteiger partial charge in [-0.3, -0.25) is 0 Å². The van der Waals surface area contributed by atoms with Crippen molar-refractivity contribution in [3.05, 3.63) is 60.0 Å². The van der Waals surface area contributed by atoms with Crippen molar-refractivity contribution >= 4 is 0 Å². The van der Waals surface area contributed by atoms with E-state index in [1.807, 2.05) is 30.3 Å². The second kappa shape index (κ2) is 22.9. The van der Waals surface area contributed by atoms with E-state index in [-0.39, 0.29) is 55.5 Å². The minimum absolute atomic E-state index is 0. The van der Waals surface area contributed by atoms with E-state index in [4.69, 9.17) is 0 Å². The zero-order valence-corrected chi connectivity index (χ0v) is 11.0. The van der Waals surface area contributed by atoms with Gasteiger partial charge in [0.25, 0.3) is 0 Å². The maximum atomic E-state index is 2.00. The van der Waals surface area contributed by atoms with Crippen LogP contribution in [0.25, 0.3) is 0 Å². The third-order valence-corrected chi connectivity index (χ3v) is 0.556. The third-order valence-electron chi connectivity index (χ3n) is 0.556. The van der Waals surface area contributed by atoms with Gasteiger partial charge in [0.15, 0.2) is 0 Å². The molecule has 1 rings (SSSR count). The fourth-order valence-electron chi connectivity index (χ4n) is 0.321. The number of rotatable bonds is 0. The van der Waals surface area contributed by atoms with Gasteiger partial charge in [-0.05, 0) is 0 Å². The Kier molecular flexibility index (Phi) is 72.9. The molecule has 0 N–H and O–H groups in total. The summed E-state index contributed by atoms with van der Waals surface area (Å²) in [7, 11) is 0. The van der Waals surface area contributed by atoms with Crippen molar-refractivity contribution in [2.24, 2.45) is 0 Å². The average molecular weight is 304 g/mol. The first-order valence-corrected chi connectivity index (χ1v) is 1.67. The molecule has 0 spiro atoms. The van der Waals surface area contributed by atoms with Crippen molar-refractivity contribution in [1.82, 2.24) is 0 Å². The Hall–Kier alpha value is 0.220. The summed E-state index contributed by atoms with van der Waals surface area (Å²) in [5.74, 6) is 0. The van der Waals surface area contributed by atoms with Crippen LogP contribution in [0, 0.1) is 29.7 Å². The van der Waals surface area contributed by atoms with E-state index >= 15 is 0 Å². The Bertz CT molecular complexity index is 61.2. The Morgan fingerprint density at radius 1 is 0.700 bits per heavy atom. The largest absolute Gasteiger partial charge is 0.358 e.